The molecule has 4 rings (SSSR count). The number of aryl methyl sites for hydroxylation is 1. The van der Waals surface area contributed by atoms with Crippen LogP contribution in [0.1, 0.15) is 30.1 Å². The van der Waals surface area contributed by atoms with E-state index in [1.54, 1.807) is 6.20 Å². The van der Waals surface area contributed by atoms with Gasteiger partial charge in [0.25, 0.3) is 0 Å². The van der Waals surface area contributed by atoms with Gasteiger partial charge in [-0.25, -0.2) is 9.97 Å². The second kappa shape index (κ2) is 7.66. The fourth-order valence-electron chi connectivity index (χ4n) is 3.44. The largest absolute Gasteiger partial charge is 0.437 e. The fraction of sp³-hybridized carbons (Fsp3) is 0.350. The normalized spacial score (nSPS) is 18.0. The summed E-state index contributed by atoms with van der Waals surface area (Å²) in [4.78, 5) is 15.9. The molecule has 0 spiro atoms. The third kappa shape index (κ3) is 4.08. The summed E-state index contributed by atoms with van der Waals surface area (Å²) < 4.78 is 7.83. The van der Waals surface area contributed by atoms with Crippen molar-refractivity contribution < 1.29 is 4.74 Å². The number of hydrogen-bond acceptors (Lipinski definition) is 5. The Bertz CT molecular complexity index is 848. The number of ether oxygens (including phenoxy) is 1. The molecule has 1 aromatic carbocycles. The minimum atomic E-state index is 0.374. The quantitative estimate of drug-likeness (QED) is 0.707. The molecule has 0 amide bonds. The SMILES string of the molecule is Cn1cnc(CN2CCCC(c3cncc(Oc4ccccc4)n3)C2)c1. The molecule has 1 atom stereocenters. The van der Waals surface area contributed by atoms with Crippen molar-refractivity contribution in [3.8, 4) is 11.6 Å². The minimum absolute atomic E-state index is 0.374. The Morgan fingerprint density at radius 1 is 1.19 bits per heavy atom. The summed E-state index contributed by atoms with van der Waals surface area (Å²) >= 11 is 0. The first-order valence-electron chi connectivity index (χ1n) is 9.00. The van der Waals surface area contributed by atoms with Gasteiger partial charge in [-0.15, -0.1) is 0 Å². The lowest BCUT2D eigenvalue weighted by atomic mass is 9.95. The highest BCUT2D eigenvalue weighted by Gasteiger charge is 2.23. The van der Waals surface area contributed by atoms with Crippen LogP contribution >= 0.6 is 0 Å². The van der Waals surface area contributed by atoms with Crippen LogP contribution < -0.4 is 4.74 Å². The lowest BCUT2D eigenvalue weighted by molar-refractivity contribution is 0.196. The van der Waals surface area contributed by atoms with Crippen molar-refractivity contribution in [2.24, 2.45) is 7.05 Å². The van der Waals surface area contributed by atoms with Crippen LogP contribution in [-0.4, -0.2) is 37.5 Å². The van der Waals surface area contributed by atoms with Gasteiger partial charge in [0.1, 0.15) is 5.75 Å². The Morgan fingerprint density at radius 2 is 2.08 bits per heavy atom. The van der Waals surface area contributed by atoms with Crippen molar-refractivity contribution in [2.75, 3.05) is 13.1 Å². The first-order valence-corrected chi connectivity index (χ1v) is 9.00. The Kier molecular flexibility index (Phi) is 4.93. The van der Waals surface area contributed by atoms with Crippen LogP contribution in [0.2, 0.25) is 0 Å². The second-order valence-electron chi connectivity index (χ2n) is 6.80. The molecule has 0 N–H and O–H groups in total. The zero-order chi connectivity index (χ0) is 17.8. The van der Waals surface area contributed by atoms with Crippen LogP contribution in [0, 0.1) is 0 Å². The number of hydrogen-bond donors (Lipinski definition) is 0. The zero-order valence-corrected chi connectivity index (χ0v) is 15.0. The molecule has 1 fully saturated rings. The molecule has 1 aliphatic rings. The van der Waals surface area contributed by atoms with Crippen LogP contribution in [-0.2, 0) is 13.6 Å². The Hall–Kier alpha value is -2.73. The van der Waals surface area contributed by atoms with E-state index >= 15 is 0 Å². The molecule has 6 nitrogen and oxygen atoms in total. The molecule has 1 unspecified atom stereocenters. The van der Waals surface area contributed by atoms with Gasteiger partial charge in [0.2, 0.25) is 5.88 Å². The number of rotatable bonds is 5. The van der Waals surface area contributed by atoms with E-state index in [2.05, 4.69) is 21.1 Å². The predicted octanol–water partition coefficient (Wildman–Crippen LogP) is 3.38. The van der Waals surface area contributed by atoms with E-state index in [0.717, 1.165) is 49.6 Å². The maximum Gasteiger partial charge on any atom is 0.238 e. The van der Waals surface area contributed by atoms with Crippen LogP contribution in [0.15, 0.2) is 55.2 Å². The van der Waals surface area contributed by atoms with Crippen molar-refractivity contribution in [3.63, 3.8) is 0 Å². The third-order valence-corrected chi connectivity index (χ3v) is 4.66. The summed E-state index contributed by atoms with van der Waals surface area (Å²) in [5.41, 5.74) is 2.12. The topological polar surface area (TPSA) is 56.1 Å². The number of likely N-dealkylation sites (tertiary alicyclic amines) is 1. The van der Waals surface area contributed by atoms with Gasteiger partial charge in [0.05, 0.1) is 23.9 Å². The van der Waals surface area contributed by atoms with Crippen LogP contribution in [0.25, 0.3) is 0 Å². The van der Waals surface area contributed by atoms with Gasteiger partial charge < -0.3 is 9.30 Å². The molecule has 2 aromatic heterocycles. The summed E-state index contributed by atoms with van der Waals surface area (Å²) in [6, 6.07) is 9.70. The highest BCUT2D eigenvalue weighted by Crippen LogP contribution is 2.28. The summed E-state index contributed by atoms with van der Waals surface area (Å²) in [6.45, 7) is 2.95. The van der Waals surface area contributed by atoms with Gasteiger partial charge in [-0.2, -0.15) is 0 Å². The van der Waals surface area contributed by atoms with E-state index in [9.17, 15) is 0 Å². The molecule has 0 bridgehead atoms. The number of piperidine rings is 1. The van der Waals surface area contributed by atoms with Gasteiger partial charge in [-0.1, -0.05) is 18.2 Å². The third-order valence-electron chi connectivity index (χ3n) is 4.66. The summed E-state index contributed by atoms with van der Waals surface area (Å²) in [6.07, 6.45) is 9.76. The minimum Gasteiger partial charge on any atom is -0.437 e. The number of nitrogens with zero attached hydrogens (tertiary/aromatic N) is 5. The molecule has 3 heterocycles. The Balaban J connectivity index is 1.44. The van der Waals surface area contributed by atoms with Gasteiger partial charge in [0.15, 0.2) is 0 Å². The Labute approximate surface area is 153 Å². The van der Waals surface area contributed by atoms with E-state index in [-0.39, 0.29) is 0 Å². The average molecular weight is 349 g/mol. The molecule has 3 aromatic rings. The average Bonchev–Trinajstić information content (AvgIpc) is 3.08. The summed E-state index contributed by atoms with van der Waals surface area (Å²) in [7, 11) is 2.00. The highest BCUT2D eigenvalue weighted by atomic mass is 16.5. The van der Waals surface area contributed by atoms with Gasteiger partial charge in [-0.05, 0) is 31.5 Å². The first-order chi connectivity index (χ1) is 12.8. The molecule has 6 heteroatoms. The summed E-state index contributed by atoms with van der Waals surface area (Å²) in [5, 5.41) is 0. The lowest BCUT2D eigenvalue weighted by Crippen LogP contribution is -2.34. The van der Waals surface area contributed by atoms with Crippen molar-refractivity contribution in [1.29, 1.82) is 0 Å². The van der Waals surface area contributed by atoms with Crippen molar-refractivity contribution in [2.45, 2.75) is 25.3 Å². The van der Waals surface area contributed by atoms with Crippen molar-refractivity contribution >= 4 is 0 Å². The molecule has 26 heavy (non-hydrogen) atoms. The number of imidazole rings is 1. The van der Waals surface area contributed by atoms with Crippen LogP contribution in [0.5, 0.6) is 11.6 Å². The predicted molar refractivity (Wildman–Crippen MR) is 99.0 cm³/mol. The molecule has 134 valence electrons. The monoisotopic (exact) mass is 349 g/mol. The van der Waals surface area contributed by atoms with Crippen LogP contribution in [0.3, 0.4) is 0 Å². The fourth-order valence-corrected chi connectivity index (χ4v) is 3.44. The lowest BCUT2D eigenvalue weighted by Gasteiger charge is -2.31. The molecule has 0 saturated carbocycles. The molecular weight excluding hydrogens is 326 g/mol. The van der Waals surface area contributed by atoms with E-state index in [0.29, 0.717) is 11.8 Å². The highest BCUT2D eigenvalue weighted by molar-refractivity contribution is 5.26. The molecule has 0 radical (unpaired) electrons. The maximum absolute atomic E-state index is 5.84. The van der Waals surface area contributed by atoms with Gasteiger partial charge in [0, 0.05) is 38.4 Å². The smallest absolute Gasteiger partial charge is 0.238 e. The van der Waals surface area contributed by atoms with Crippen LogP contribution in [0.4, 0.5) is 0 Å². The molecule has 1 aliphatic heterocycles. The van der Waals surface area contributed by atoms with Gasteiger partial charge >= 0.3 is 0 Å². The number of benzene rings is 1. The molecule has 0 aliphatic carbocycles. The van der Waals surface area contributed by atoms with Crippen molar-refractivity contribution in [1.82, 2.24) is 24.4 Å². The zero-order valence-electron chi connectivity index (χ0n) is 15.0. The van der Waals surface area contributed by atoms with E-state index in [4.69, 9.17) is 9.72 Å². The maximum atomic E-state index is 5.84. The second-order valence-corrected chi connectivity index (χ2v) is 6.80. The number of aromatic nitrogens is 4. The standard InChI is InChI=1S/C20H23N5O/c1-24-13-17(22-15-24)14-25-9-5-6-16(12-25)19-10-21-11-20(23-19)26-18-7-3-2-4-8-18/h2-4,7-8,10-11,13,15-16H,5-6,9,12,14H2,1H3. The number of para-hydroxylation sites is 1. The molecular formula is C20H23N5O. The van der Waals surface area contributed by atoms with E-state index in [1.165, 1.54) is 0 Å². The van der Waals surface area contributed by atoms with E-state index < -0.39 is 0 Å². The summed E-state index contributed by atoms with van der Waals surface area (Å²) in [5.74, 6) is 1.70. The molecule has 1 saturated heterocycles. The Morgan fingerprint density at radius 3 is 2.88 bits per heavy atom. The van der Waals surface area contributed by atoms with Gasteiger partial charge in [-0.3, -0.25) is 9.88 Å². The first kappa shape index (κ1) is 16.7. The van der Waals surface area contributed by atoms with Crippen molar-refractivity contribution in [3.05, 3.63) is 66.6 Å². The van der Waals surface area contributed by atoms with E-state index in [1.807, 2.05) is 54.5 Å².